The van der Waals surface area contributed by atoms with Gasteiger partial charge in [0.25, 0.3) is 5.91 Å². The fraction of sp³-hybridized carbons (Fsp3) is 0.529. The summed E-state index contributed by atoms with van der Waals surface area (Å²) in [6.07, 6.45) is 1.59. The standard InChI is InChI=1S/C17H24N2O3/c1-17(2,12-20)18-15(21)14-9-6-10-19(11-14)16(22)13-7-4-3-5-8-13/h3-5,7-8,14,20H,6,9-12H2,1-2H3,(H,18,21). The third-order valence-electron chi connectivity index (χ3n) is 3.96. The molecule has 2 rings (SSSR count). The Labute approximate surface area is 131 Å². The maximum absolute atomic E-state index is 12.5. The molecule has 5 heteroatoms. The van der Waals surface area contributed by atoms with Gasteiger partial charge in [0.05, 0.1) is 18.1 Å². The summed E-state index contributed by atoms with van der Waals surface area (Å²) >= 11 is 0. The first-order valence-corrected chi connectivity index (χ1v) is 7.70. The Balaban J connectivity index is 2.00. The number of rotatable bonds is 4. The fourth-order valence-electron chi connectivity index (χ4n) is 2.61. The maximum atomic E-state index is 12.5. The van der Waals surface area contributed by atoms with Gasteiger partial charge in [-0.3, -0.25) is 9.59 Å². The van der Waals surface area contributed by atoms with Gasteiger partial charge in [-0.2, -0.15) is 0 Å². The molecule has 1 atom stereocenters. The Hall–Kier alpha value is -1.88. The van der Waals surface area contributed by atoms with E-state index < -0.39 is 5.54 Å². The van der Waals surface area contributed by atoms with Gasteiger partial charge in [-0.1, -0.05) is 18.2 Å². The molecule has 22 heavy (non-hydrogen) atoms. The number of hydrogen-bond acceptors (Lipinski definition) is 3. The summed E-state index contributed by atoms with van der Waals surface area (Å²) in [5, 5.41) is 12.1. The van der Waals surface area contributed by atoms with Gasteiger partial charge in [0, 0.05) is 18.7 Å². The molecule has 0 saturated carbocycles. The molecule has 1 aromatic rings. The number of carbonyl (C=O) groups is 2. The first kappa shape index (κ1) is 16.5. The molecule has 5 nitrogen and oxygen atoms in total. The van der Waals surface area contributed by atoms with Gasteiger partial charge in [0.1, 0.15) is 0 Å². The lowest BCUT2D eigenvalue weighted by Crippen LogP contribution is -2.52. The van der Waals surface area contributed by atoms with E-state index in [-0.39, 0.29) is 24.3 Å². The monoisotopic (exact) mass is 304 g/mol. The third-order valence-corrected chi connectivity index (χ3v) is 3.96. The van der Waals surface area contributed by atoms with Crippen LogP contribution in [0.5, 0.6) is 0 Å². The molecule has 1 aliphatic rings. The number of likely N-dealkylation sites (tertiary alicyclic amines) is 1. The predicted molar refractivity (Wildman–Crippen MR) is 84.4 cm³/mol. The Kier molecular flexibility index (Phi) is 5.19. The molecule has 0 bridgehead atoms. The highest BCUT2D eigenvalue weighted by Crippen LogP contribution is 2.19. The zero-order valence-electron chi connectivity index (χ0n) is 13.2. The highest BCUT2D eigenvalue weighted by atomic mass is 16.3. The lowest BCUT2D eigenvalue weighted by molar-refractivity contribution is -0.128. The molecule has 0 aromatic heterocycles. The van der Waals surface area contributed by atoms with Gasteiger partial charge in [0.15, 0.2) is 0 Å². The normalized spacial score (nSPS) is 18.9. The predicted octanol–water partition coefficient (Wildman–Crippen LogP) is 1.43. The quantitative estimate of drug-likeness (QED) is 0.884. The molecule has 1 saturated heterocycles. The van der Waals surface area contributed by atoms with Crippen LogP contribution in [0.15, 0.2) is 30.3 Å². The smallest absolute Gasteiger partial charge is 0.253 e. The average Bonchev–Trinajstić information content (AvgIpc) is 2.54. The molecule has 2 N–H and O–H groups in total. The van der Waals surface area contributed by atoms with E-state index in [1.54, 1.807) is 30.9 Å². The van der Waals surface area contributed by atoms with Crippen molar-refractivity contribution in [3.8, 4) is 0 Å². The first-order valence-electron chi connectivity index (χ1n) is 7.70. The molecule has 1 heterocycles. The minimum absolute atomic E-state index is 0.0282. The van der Waals surface area contributed by atoms with E-state index in [0.29, 0.717) is 18.7 Å². The molecule has 1 aliphatic heterocycles. The first-order chi connectivity index (χ1) is 10.4. The van der Waals surface area contributed by atoms with E-state index >= 15 is 0 Å². The number of amides is 2. The topological polar surface area (TPSA) is 69.6 Å². The van der Waals surface area contributed by atoms with Crippen LogP contribution < -0.4 is 5.32 Å². The summed E-state index contributed by atoms with van der Waals surface area (Å²) < 4.78 is 0. The van der Waals surface area contributed by atoms with Crippen LogP contribution in [0.3, 0.4) is 0 Å². The number of nitrogens with one attached hydrogen (secondary N) is 1. The highest BCUT2D eigenvalue weighted by molar-refractivity contribution is 5.94. The third kappa shape index (κ3) is 4.07. The minimum Gasteiger partial charge on any atom is -0.394 e. The Morgan fingerprint density at radius 3 is 2.64 bits per heavy atom. The van der Waals surface area contributed by atoms with E-state index in [0.717, 1.165) is 12.8 Å². The molecule has 2 amide bonds. The van der Waals surface area contributed by atoms with Crippen molar-refractivity contribution >= 4 is 11.8 Å². The van der Waals surface area contributed by atoms with Crippen molar-refractivity contribution in [1.82, 2.24) is 10.2 Å². The van der Waals surface area contributed by atoms with Gasteiger partial charge in [-0.05, 0) is 38.8 Å². The van der Waals surface area contributed by atoms with Crippen molar-refractivity contribution in [2.45, 2.75) is 32.2 Å². The molecule has 0 radical (unpaired) electrons. The van der Waals surface area contributed by atoms with Crippen molar-refractivity contribution < 1.29 is 14.7 Å². The Bertz CT molecular complexity index is 528. The summed E-state index contributed by atoms with van der Waals surface area (Å²) in [5.74, 6) is -0.337. The second-order valence-electron chi connectivity index (χ2n) is 6.49. The van der Waals surface area contributed by atoms with Crippen LogP contribution in [0.2, 0.25) is 0 Å². The van der Waals surface area contributed by atoms with Crippen LogP contribution >= 0.6 is 0 Å². The van der Waals surface area contributed by atoms with E-state index in [1.165, 1.54) is 0 Å². The largest absolute Gasteiger partial charge is 0.394 e. The van der Waals surface area contributed by atoms with Crippen molar-refractivity contribution in [3.63, 3.8) is 0 Å². The van der Waals surface area contributed by atoms with Gasteiger partial charge in [-0.15, -0.1) is 0 Å². The summed E-state index contributed by atoms with van der Waals surface area (Å²) in [4.78, 5) is 26.5. The van der Waals surface area contributed by atoms with E-state index in [2.05, 4.69) is 5.32 Å². The van der Waals surface area contributed by atoms with Crippen molar-refractivity contribution in [3.05, 3.63) is 35.9 Å². The molecule has 1 unspecified atom stereocenters. The van der Waals surface area contributed by atoms with Crippen LogP contribution in [0.25, 0.3) is 0 Å². The fourth-order valence-corrected chi connectivity index (χ4v) is 2.61. The molecular weight excluding hydrogens is 280 g/mol. The lowest BCUT2D eigenvalue weighted by Gasteiger charge is -2.34. The van der Waals surface area contributed by atoms with Crippen molar-refractivity contribution in [2.24, 2.45) is 5.92 Å². The number of hydrogen-bond donors (Lipinski definition) is 2. The van der Waals surface area contributed by atoms with Crippen LogP contribution in [-0.4, -0.2) is 47.1 Å². The highest BCUT2D eigenvalue weighted by Gasteiger charge is 2.31. The lowest BCUT2D eigenvalue weighted by atomic mass is 9.95. The molecule has 0 aliphatic carbocycles. The summed E-state index contributed by atoms with van der Waals surface area (Å²) in [5.41, 5.74) is 0.0160. The second-order valence-corrected chi connectivity index (χ2v) is 6.49. The molecule has 1 aromatic carbocycles. The van der Waals surface area contributed by atoms with E-state index in [9.17, 15) is 14.7 Å². The van der Waals surface area contributed by atoms with Crippen LogP contribution in [0, 0.1) is 5.92 Å². The Morgan fingerprint density at radius 2 is 2.00 bits per heavy atom. The zero-order chi connectivity index (χ0) is 16.2. The molecular formula is C17H24N2O3. The molecule has 120 valence electrons. The number of nitrogens with zero attached hydrogens (tertiary/aromatic N) is 1. The molecule has 0 spiro atoms. The maximum Gasteiger partial charge on any atom is 0.253 e. The van der Waals surface area contributed by atoms with Gasteiger partial charge in [0.2, 0.25) is 5.91 Å². The number of piperidine rings is 1. The molecule has 1 fully saturated rings. The number of carbonyl (C=O) groups excluding carboxylic acids is 2. The van der Waals surface area contributed by atoms with Gasteiger partial charge in [-0.25, -0.2) is 0 Å². The summed E-state index contributed by atoms with van der Waals surface area (Å²) in [6.45, 7) is 4.56. The number of aliphatic hydroxyl groups is 1. The second kappa shape index (κ2) is 6.92. The van der Waals surface area contributed by atoms with Crippen molar-refractivity contribution in [2.75, 3.05) is 19.7 Å². The minimum atomic E-state index is -0.636. The Morgan fingerprint density at radius 1 is 1.32 bits per heavy atom. The van der Waals surface area contributed by atoms with Gasteiger partial charge >= 0.3 is 0 Å². The van der Waals surface area contributed by atoms with Crippen LogP contribution in [0.4, 0.5) is 0 Å². The zero-order valence-corrected chi connectivity index (χ0v) is 13.2. The number of aliphatic hydroxyl groups excluding tert-OH is 1. The van der Waals surface area contributed by atoms with Crippen LogP contribution in [0.1, 0.15) is 37.0 Å². The van der Waals surface area contributed by atoms with Gasteiger partial charge < -0.3 is 15.3 Å². The summed E-state index contributed by atoms with van der Waals surface area (Å²) in [7, 11) is 0. The SMILES string of the molecule is CC(C)(CO)NC(=O)C1CCCN(C(=O)c2ccccc2)C1. The van der Waals surface area contributed by atoms with Crippen LogP contribution in [-0.2, 0) is 4.79 Å². The van der Waals surface area contributed by atoms with E-state index in [4.69, 9.17) is 0 Å². The summed E-state index contributed by atoms with van der Waals surface area (Å²) in [6, 6.07) is 9.14. The average molecular weight is 304 g/mol. The van der Waals surface area contributed by atoms with Crippen molar-refractivity contribution in [1.29, 1.82) is 0 Å². The number of benzene rings is 1. The van der Waals surface area contributed by atoms with E-state index in [1.807, 2.05) is 18.2 Å².